The highest BCUT2D eigenvalue weighted by Crippen LogP contribution is 2.28. The molecule has 96 valence electrons. The van der Waals surface area contributed by atoms with Crippen LogP contribution in [-0.4, -0.2) is 25.4 Å². The molecule has 0 aromatic heterocycles. The fourth-order valence-electron chi connectivity index (χ4n) is 1.87. The lowest BCUT2D eigenvalue weighted by molar-refractivity contribution is -0.0430. The van der Waals surface area contributed by atoms with Crippen LogP contribution in [0.3, 0.4) is 0 Å². The van der Waals surface area contributed by atoms with Crippen LogP contribution in [0.2, 0.25) is 0 Å². The van der Waals surface area contributed by atoms with Crippen LogP contribution in [0.25, 0.3) is 0 Å². The van der Waals surface area contributed by atoms with Gasteiger partial charge in [0, 0.05) is 7.11 Å². The number of benzene rings is 1. The first-order valence-corrected chi connectivity index (χ1v) is 5.71. The Morgan fingerprint density at radius 2 is 2.18 bits per heavy atom. The molecule has 3 N–H and O–H groups in total. The van der Waals surface area contributed by atoms with Gasteiger partial charge in [0.15, 0.2) is 0 Å². The van der Waals surface area contributed by atoms with Crippen molar-refractivity contribution >= 4 is 0 Å². The van der Waals surface area contributed by atoms with E-state index in [1.54, 1.807) is 19.1 Å². The van der Waals surface area contributed by atoms with Gasteiger partial charge in [0.1, 0.15) is 11.4 Å². The van der Waals surface area contributed by atoms with Gasteiger partial charge in [-0.25, -0.2) is 4.39 Å². The Morgan fingerprint density at radius 3 is 2.71 bits per heavy atom. The number of methoxy groups -OCH3 is 1. The number of rotatable bonds is 6. The fourth-order valence-corrected chi connectivity index (χ4v) is 1.87. The van der Waals surface area contributed by atoms with Gasteiger partial charge in [0.25, 0.3) is 0 Å². The molecule has 17 heavy (non-hydrogen) atoms. The average Bonchev–Trinajstić information content (AvgIpc) is 2.30. The van der Waals surface area contributed by atoms with E-state index < -0.39 is 5.60 Å². The summed E-state index contributed by atoms with van der Waals surface area (Å²) in [7, 11) is 1.53. The molecule has 0 aliphatic carbocycles. The molecule has 0 saturated carbocycles. The van der Waals surface area contributed by atoms with E-state index in [1.165, 1.54) is 13.2 Å². The van der Waals surface area contributed by atoms with Crippen molar-refractivity contribution in [1.82, 2.24) is 0 Å². The van der Waals surface area contributed by atoms with Crippen molar-refractivity contribution in [3.8, 4) is 0 Å². The maximum Gasteiger partial charge on any atom is 0.126 e. The largest absolute Gasteiger partial charge is 0.383 e. The smallest absolute Gasteiger partial charge is 0.126 e. The first-order chi connectivity index (χ1) is 8.03. The number of hydrogen-bond donors (Lipinski definition) is 2. The maximum absolute atomic E-state index is 13.2. The molecule has 0 radical (unpaired) electrons. The van der Waals surface area contributed by atoms with E-state index in [9.17, 15) is 9.50 Å². The van der Waals surface area contributed by atoms with Crippen LogP contribution >= 0.6 is 0 Å². The van der Waals surface area contributed by atoms with Gasteiger partial charge in [-0.15, -0.1) is 0 Å². The molecular weight excluding hydrogens is 221 g/mol. The number of ether oxygens (including phenoxy) is 1. The Labute approximate surface area is 101 Å². The van der Waals surface area contributed by atoms with E-state index in [4.69, 9.17) is 10.5 Å². The third-order valence-corrected chi connectivity index (χ3v) is 2.87. The highest BCUT2D eigenvalue weighted by molar-refractivity contribution is 5.28. The molecule has 1 unspecified atom stereocenters. The normalized spacial score (nSPS) is 14.6. The van der Waals surface area contributed by atoms with Crippen LogP contribution < -0.4 is 5.73 Å². The van der Waals surface area contributed by atoms with Crippen molar-refractivity contribution < 1.29 is 14.2 Å². The first-order valence-electron chi connectivity index (χ1n) is 5.71. The zero-order chi connectivity index (χ0) is 12.9. The molecule has 1 atom stereocenters. The van der Waals surface area contributed by atoms with E-state index in [2.05, 4.69) is 0 Å². The third-order valence-electron chi connectivity index (χ3n) is 2.87. The molecule has 0 heterocycles. The van der Waals surface area contributed by atoms with Crippen molar-refractivity contribution in [2.75, 3.05) is 20.3 Å². The lowest BCUT2D eigenvalue weighted by Crippen LogP contribution is -2.32. The maximum atomic E-state index is 13.2. The second kappa shape index (κ2) is 6.10. The van der Waals surface area contributed by atoms with Crippen molar-refractivity contribution in [1.29, 1.82) is 0 Å². The molecule has 1 aromatic carbocycles. The average molecular weight is 241 g/mol. The zero-order valence-corrected chi connectivity index (χ0v) is 10.4. The summed E-state index contributed by atoms with van der Waals surface area (Å²) in [4.78, 5) is 0. The van der Waals surface area contributed by atoms with Crippen LogP contribution in [0, 0.1) is 12.7 Å². The minimum Gasteiger partial charge on any atom is -0.383 e. The van der Waals surface area contributed by atoms with Crippen LogP contribution in [0.4, 0.5) is 4.39 Å². The van der Waals surface area contributed by atoms with Crippen molar-refractivity contribution in [3.05, 3.63) is 35.1 Å². The highest BCUT2D eigenvalue weighted by atomic mass is 19.1. The molecule has 1 rings (SSSR count). The molecule has 0 fully saturated rings. The standard InChI is InChI=1S/C13H20FNO2/c1-10-8-11(4-5-12(10)14)13(16,9-17-2)6-3-7-15/h4-5,8,16H,3,6-7,9,15H2,1-2H3. The summed E-state index contributed by atoms with van der Waals surface area (Å²) in [5.74, 6) is -0.271. The van der Waals surface area contributed by atoms with Crippen molar-refractivity contribution in [3.63, 3.8) is 0 Å². The minimum absolute atomic E-state index is 0.179. The Hall–Kier alpha value is -0.970. The van der Waals surface area contributed by atoms with Gasteiger partial charge < -0.3 is 15.6 Å². The van der Waals surface area contributed by atoms with Gasteiger partial charge in [-0.05, 0) is 43.5 Å². The fraction of sp³-hybridized carbons (Fsp3) is 0.538. The number of nitrogens with two attached hydrogens (primary N) is 1. The second-order valence-electron chi connectivity index (χ2n) is 4.32. The van der Waals surface area contributed by atoms with E-state index in [0.717, 1.165) is 0 Å². The van der Waals surface area contributed by atoms with Gasteiger partial charge >= 0.3 is 0 Å². The van der Waals surface area contributed by atoms with Crippen LogP contribution in [0.1, 0.15) is 24.0 Å². The van der Waals surface area contributed by atoms with Crippen LogP contribution in [0.5, 0.6) is 0 Å². The third kappa shape index (κ3) is 3.49. The summed E-state index contributed by atoms with van der Waals surface area (Å²) in [5.41, 5.74) is 5.55. The van der Waals surface area contributed by atoms with Gasteiger partial charge in [0.2, 0.25) is 0 Å². The van der Waals surface area contributed by atoms with Crippen molar-refractivity contribution in [2.45, 2.75) is 25.4 Å². The molecule has 0 aliphatic rings. The highest BCUT2D eigenvalue weighted by Gasteiger charge is 2.29. The quantitative estimate of drug-likeness (QED) is 0.797. The predicted octanol–water partition coefficient (Wildman–Crippen LogP) is 1.71. The van der Waals surface area contributed by atoms with E-state index in [1.807, 2.05) is 0 Å². The van der Waals surface area contributed by atoms with E-state index >= 15 is 0 Å². The summed E-state index contributed by atoms with van der Waals surface area (Å²) >= 11 is 0. The minimum atomic E-state index is -1.09. The van der Waals surface area contributed by atoms with Gasteiger partial charge in [-0.1, -0.05) is 12.1 Å². The summed E-state index contributed by atoms with van der Waals surface area (Å²) in [6, 6.07) is 4.62. The molecule has 3 nitrogen and oxygen atoms in total. The first kappa shape index (κ1) is 14.1. The topological polar surface area (TPSA) is 55.5 Å². The molecule has 0 bridgehead atoms. The van der Waals surface area contributed by atoms with Crippen LogP contribution in [0.15, 0.2) is 18.2 Å². The van der Waals surface area contributed by atoms with Gasteiger partial charge in [-0.2, -0.15) is 0 Å². The van der Waals surface area contributed by atoms with Crippen LogP contribution in [-0.2, 0) is 10.3 Å². The predicted molar refractivity (Wildman–Crippen MR) is 65.2 cm³/mol. The monoisotopic (exact) mass is 241 g/mol. The Morgan fingerprint density at radius 1 is 1.47 bits per heavy atom. The Bertz CT molecular complexity index is 370. The molecule has 0 aliphatic heterocycles. The molecule has 1 aromatic rings. The number of halogens is 1. The molecule has 0 spiro atoms. The molecule has 0 saturated heterocycles. The van der Waals surface area contributed by atoms with Crippen molar-refractivity contribution in [2.24, 2.45) is 5.73 Å². The lowest BCUT2D eigenvalue weighted by Gasteiger charge is -2.28. The lowest BCUT2D eigenvalue weighted by atomic mass is 9.89. The second-order valence-corrected chi connectivity index (χ2v) is 4.32. The summed E-state index contributed by atoms with van der Waals surface area (Å²) in [6.07, 6.45) is 1.19. The Balaban J connectivity index is 2.99. The SMILES string of the molecule is COCC(O)(CCCN)c1ccc(F)c(C)c1. The molecule has 4 heteroatoms. The van der Waals surface area contributed by atoms with Gasteiger partial charge in [0.05, 0.1) is 6.61 Å². The number of hydrogen-bond acceptors (Lipinski definition) is 3. The summed E-state index contributed by atoms with van der Waals surface area (Å²) < 4.78 is 18.2. The molecular formula is C13H20FNO2. The Kier molecular flexibility index (Phi) is 5.05. The van der Waals surface area contributed by atoms with E-state index in [0.29, 0.717) is 30.5 Å². The van der Waals surface area contributed by atoms with E-state index in [-0.39, 0.29) is 12.4 Å². The number of aryl methyl sites for hydroxylation is 1. The number of aliphatic hydroxyl groups is 1. The van der Waals surface area contributed by atoms with Gasteiger partial charge in [-0.3, -0.25) is 0 Å². The molecule has 0 amide bonds. The zero-order valence-electron chi connectivity index (χ0n) is 10.4. The summed E-state index contributed by atoms with van der Waals surface area (Å²) in [5, 5.41) is 10.5. The summed E-state index contributed by atoms with van der Waals surface area (Å²) in [6.45, 7) is 2.36.